The van der Waals surface area contributed by atoms with Gasteiger partial charge in [0.1, 0.15) is 5.69 Å². The summed E-state index contributed by atoms with van der Waals surface area (Å²) in [6.45, 7) is 4.45. The van der Waals surface area contributed by atoms with Crippen LogP contribution in [0.4, 0.5) is 0 Å². The number of nitrogens with zero attached hydrogens (tertiary/aromatic N) is 4. The largest absolute Gasteiger partial charge is 0.348 e. The van der Waals surface area contributed by atoms with Gasteiger partial charge in [0.2, 0.25) is 0 Å². The maximum absolute atomic E-state index is 13.2. The van der Waals surface area contributed by atoms with Crippen molar-refractivity contribution in [3.63, 3.8) is 0 Å². The number of aromatic nitrogens is 3. The molecule has 0 atom stereocenters. The Morgan fingerprint density at radius 3 is 2.31 bits per heavy atom. The summed E-state index contributed by atoms with van der Waals surface area (Å²) in [5, 5.41) is 7.81. The highest BCUT2D eigenvalue weighted by molar-refractivity contribution is 5.99. The zero-order chi connectivity index (χ0) is 23.9. The van der Waals surface area contributed by atoms with Crippen LogP contribution in [0.2, 0.25) is 0 Å². The molecular formula is C29H31N5O. The second kappa shape index (κ2) is 11.1. The minimum Gasteiger partial charge on any atom is -0.348 e. The van der Waals surface area contributed by atoms with Gasteiger partial charge in [0.25, 0.3) is 5.91 Å². The molecule has 1 amide bonds. The highest BCUT2D eigenvalue weighted by atomic mass is 16.1. The van der Waals surface area contributed by atoms with E-state index < -0.39 is 0 Å². The van der Waals surface area contributed by atoms with Crippen LogP contribution in [-0.4, -0.2) is 38.7 Å². The maximum atomic E-state index is 13.2. The van der Waals surface area contributed by atoms with Crippen LogP contribution in [0.3, 0.4) is 0 Å². The third-order valence-electron chi connectivity index (χ3n) is 6.46. The molecule has 5 rings (SSSR count). The number of rotatable bonds is 8. The van der Waals surface area contributed by atoms with E-state index in [1.807, 2.05) is 41.2 Å². The molecule has 0 unspecified atom stereocenters. The molecule has 0 saturated carbocycles. The van der Waals surface area contributed by atoms with E-state index in [2.05, 4.69) is 51.6 Å². The van der Waals surface area contributed by atoms with Crippen LogP contribution >= 0.6 is 0 Å². The van der Waals surface area contributed by atoms with Crippen LogP contribution in [0.5, 0.6) is 0 Å². The minimum absolute atomic E-state index is 0.138. The van der Waals surface area contributed by atoms with E-state index in [0.29, 0.717) is 24.3 Å². The van der Waals surface area contributed by atoms with Crippen molar-refractivity contribution in [3.05, 3.63) is 108 Å². The number of piperidine rings is 1. The Labute approximate surface area is 206 Å². The summed E-state index contributed by atoms with van der Waals surface area (Å²) in [5.41, 5.74) is 5.55. The molecule has 4 aromatic rings. The predicted molar refractivity (Wildman–Crippen MR) is 138 cm³/mol. The van der Waals surface area contributed by atoms with Crippen LogP contribution in [0.15, 0.2) is 85.3 Å². The lowest BCUT2D eigenvalue weighted by Crippen LogP contribution is -2.29. The Morgan fingerprint density at radius 1 is 0.829 bits per heavy atom. The van der Waals surface area contributed by atoms with Crippen molar-refractivity contribution in [1.82, 2.24) is 25.0 Å². The molecule has 1 aliphatic heterocycles. The first-order valence-corrected chi connectivity index (χ1v) is 12.3. The highest BCUT2D eigenvalue weighted by Crippen LogP contribution is 2.22. The lowest BCUT2D eigenvalue weighted by molar-refractivity contribution is 0.0951. The van der Waals surface area contributed by atoms with Crippen LogP contribution in [0, 0.1) is 0 Å². The van der Waals surface area contributed by atoms with E-state index in [1.165, 1.54) is 37.9 Å². The summed E-state index contributed by atoms with van der Waals surface area (Å²) in [6, 6.07) is 22.5. The topological polar surface area (TPSA) is 63.1 Å². The van der Waals surface area contributed by atoms with Gasteiger partial charge >= 0.3 is 0 Å². The molecule has 1 aliphatic rings. The number of nitrogens with one attached hydrogen (secondary N) is 1. The lowest BCUT2D eigenvalue weighted by Gasteiger charge is -2.26. The molecule has 0 bridgehead atoms. The number of carbonyl (C=O) groups is 1. The van der Waals surface area contributed by atoms with Gasteiger partial charge in [-0.2, -0.15) is 5.10 Å². The van der Waals surface area contributed by atoms with Crippen molar-refractivity contribution in [2.45, 2.75) is 38.9 Å². The minimum atomic E-state index is -0.138. The molecule has 1 saturated heterocycles. The Morgan fingerprint density at radius 2 is 1.57 bits per heavy atom. The number of carbonyl (C=O) groups excluding carboxylic acids is 1. The number of pyridine rings is 1. The molecule has 6 nitrogen and oxygen atoms in total. The third kappa shape index (κ3) is 6.03. The van der Waals surface area contributed by atoms with Crippen molar-refractivity contribution in [3.8, 4) is 11.3 Å². The molecule has 0 spiro atoms. The second-order valence-corrected chi connectivity index (χ2v) is 9.15. The van der Waals surface area contributed by atoms with E-state index >= 15 is 0 Å². The fraction of sp³-hybridized carbons (Fsp3) is 0.276. The fourth-order valence-electron chi connectivity index (χ4n) is 4.57. The van der Waals surface area contributed by atoms with E-state index in [1.54, 1.807) is 12.4 Å². The van der Waals surface area contributed by atoms with E-state index in [9.17, 15) is 4.79 Å². The molecular weight excluding hydrogens is 434 g/mol. The Balaban J connectivity index is 1.27. The number of benzene rings is 2. The Kier molecular flexibility index (Phi) is 7.29. The second-order valence-electron chi connectivity index (χ2n) is 9.15. The normalized spacial score (nSPS) is 14.1. The van der Waals surface area contributed by atoms with Gasteiger partial charge < -0.3 is 5.32 Å². The maximum Gasteiger partial charge on any atom is 0.255 e. The molecule has 3 heterocycles. The average Bonchev–Trinajstić information content (AvgIpc) is 3.34. The first kappa shape index (κ1) is 23.0. The summed E-state index contributed by atoms with van der Waals surface area (Å²) in [5.74, 6) is -0.138. The van der Waals surface area contributed by atoms with Gasteiger partial charge in [0.15, 0.2) is 0 Å². The number of hydrogen-bond donors (Lipinski definition) is 1. The van der Waals surface area contributed by atoms with Crippen molar-refractivity contribution >= 4 is 5.91 Å². The summed E-state index contributed by atoms with van der Waals surface area (Å²) in [7, 11) is 0. The van der Waals surface area contributed by atoms with Gasteiger partial charge in [-0.3, -0.25) is 19.4 Å². The zero-order valence-electron chi connectivity index (χ0n) is 19.9. The van der Waals surface area contributed by atoms with Crippen LogP contribution in [0.25, 0.3) is 11.3 Å². The smallest absolute Gasteiger partial charge is 0.255 e. The highest BCUT2D eigenvalue weighted by Gasteiger charge is 2.18. The van der Waals surface area contributed by atoms with Crippen LogP contribution in [0.1, 0.15) is 46.3 Å². The van der Waals surface area contributed by atoms with Crippen LogP contribution < -0.4 is 5.32 Å². The fourth-order valence-corrected chi connectivity index (χ4v) is 4.57. The standard InChI is InChI=1S/C29H31N5O/c35-29(31-18-23-11-13-25(14-12-23)20-33-16-5-2-6-17-33)27-22-34(21-24-8-3-1-4-9-24)32-28(27)26-10-7-15-30-19-26/h1,3-4,7-15,19,22H,2,5-6,16-18,20-21H2,(H,31,35). The number of amides is 1. The third-order valence-corrected chi connectivity index (χ3v) is 6.46. The summed E-state index contributed by atoms with van der Waals surface area (Å²) >= 11 is 0. The Bertz CT molecular complexity index is 1230. The number of likely N-dealkylation sites (tertiary alicyclic amines) is 1. The molecule has 0 aliphatic carbocycles. The summed E-state index contributed by atoms with van der Waals surface area (Å²) < 4.78 is 1.82. The summed E-state index contributed by atoms with van der Waals surface area (Å²) in [4.78, 5) is 20.0. The van der Waals surface area contributed by atoms with Crippen LogP contribution in [-0.2, 0) is 19.6 Å². The van der Waals surface area contributed by atoms with Crippen molar-refractivity contribution < 1.29 is 4.79 Å². The average molecular weight is 466 g/mol. The molecule has 1 fully saturated rings. The van der Waals surface area contributed by atoms with Crippen molar-refractivity contribution in [1.29, 1.82) is 0 Å². The lowest BCUT2D eigenvalue weighted by atomic mass is 10.1. The van der Waals surface area contributed by atoms with Crippen molar-refractivity contribution in [2.24, 2.45) is 0 Å². The Hall–Kier alpha value is -3.77. The zero-order valence-corrected chi connectivity index (χ0v) is 19.9. The first-order valence-electron chi connectivity index (χ1n) is 12.3. The first-order chi connectivity index (χ1) is 17.2. The molecule has 2 aromatic heterocycles. The van der Waals surface area contributed by atoms with E-state index in [0.717, 1.165) is 23.2 Å². The van der Waals surface area contributed by atoms with E-state index in [4.69, 9.17) is 5.10 Å². The predicted octanol–water partition coefficient (Wildman–Crippen LogP) is 4.91. The molecule has 2 aromatic carbocycles. The van der Waals surface area contributed by atoms with Gasteiger partial charge in [-0.15, -0.1) is 0 Å². The monoisotopic (exact) mass is 465 g/mol. The molecule has 1 N–H and O–H groups in total. The van der Waals surface area contributed by atoms with E-state index in [-0.39, 0.29) is 5.91 Å². The van der Waals surface area contributed by atoms with Gasteiger partial charge in [0, 0.05) is 37.2 Å². The molecule has 178 valence electrons. The molecule has 35 heavy (non-hydrogen) atoms. The SMILES string of the molecule is O=C(NCc1ccc(CN2CCCCC2)cc1)c1cn(Cc2ccccc2)nc1-c1cccnc1. The van der Waals surface area contributed by atoms with Gasteiger partial charge in [-0.05, 0) is 54.8 Å². The number of hydrogen-bond acceptors (Lipinski definition) is 4. The van der Waals surface area contributed by atoms with Crippen molar-refractivity contribution in [2.75, 3.05) is 13.1 Å². The van der Waals surface area contributed by atoms with Gasteiger partial charge in [0.05, 0.1) is 12.1 Å². The molecule has 0 radical (unpaired) electrons. The van der Waals surface area contributed by atoms with Gasteiger partial charge in [-0.1, -0.05) is 61.0 Å². The van der Waals surface area contributed by atoms with Gasteiger partial charge in [-0.25, -0.2) is 0 Å². The molecule has 6 heteroatoms. The summed E-state index contributed by atoms with van der Waals surface area (Å²) in [6.07, 6.45) is 9.24. The quantitative estimate of drug-likeness (QED) is 0.402.